The second kappa shape index (κ2) is 6.41. The van der Waals surface area contributed by atoms with Gasteiger partial charge in [-0.15, -0.1) is 0 Å². The van der Waals surface area contributed by atoms with Gasteiger partial charge in [-0.2, -0.15) is 0 Å². The van der Waals surface area contributed by atoms with Crippen molar-refractivity contribution in [1.82, 2.24) is 0 Å². The summed E-state index contributed by atoms with van der Waals surface area (Å²) in [7, 11) is -4.22. The fourth-order valence-electron chi connectivity index (χ4n) is 1.82. The van der Waals surface area contributed by atoms with Gasteiger partial charge in [-0.3, -0.25) is 9.10 Å². The highest BCUT2D eigenvalue weighted by Gasteiger charge is 2.28. The van der Waals surface area contributed by atoms with Crippen LogP contribution in [0.1, 0.15) is 0 Å². The molecule has 2 aromatic carbocycles. The molecule has 0 radical (unpaired) electrons. The summed E-state index contributed by atoms with van der Waals surface area (Å²) < 4.78 is 52.5. The summed E-state index contributed by atoms with van der Waals surface area (Å²) in [5.41, 5.74) is -0.459. The van der Waals surface area contributed by atoms with Crippen molar-refractivity contribution in [3.8, 4) is 0 Å². The molecular weight excluding hydrogens is 336 g/mol. The Bertz CT molecular complexity index is 797. The number of anilines is 1. The van der Waals surface area contributed by atoms with Crippen LogP contribution in [0.2, 0.25) is 0 Å². The maximum atomic E-state index is 13.9. The van der Waals surface area contributed by atoms with Gasteiger partial charge >= 0.3 is 0 Å². The van der Waals surface area contributed by atoms with Gasteiger partial charge in [0.05, 0.1) is 10.6 Å². The van der Waals surface area contributed by atoms with E-state index in [0.717, 1.165) is 12.1 Å². The molecule has 2 rings (SSSR count). The zero-order valence-electron chi connectivity index (χ0n) is 11.0. The molecule has 0 heterocycles. The standard InChI is InChI=1S/C14H10ClF2NO3S/c15-14(19)9-18(13-7-6-10(16)8-12(13)17)22(20,21)11-4-2-1-3-5-11/h1-8H,9H2. The van der Waals surface area contributed by atoms with Crippen LogP contribution in [0.3, 0.4) is 0 Å². The summed E-state index contributed by atoms with van der Waals surface area (Å²) >= 11 is 5.26. The first-order chi connectivity index (χ1) is 10.3. The number of benzene rings is 2. The molecule has 0 saturated carbocycles. The molecule has 2 aromatic rings. The molecule has 8 heteroatoms. The number of nitrogens with zero attached hydrogens (tertiary/aromatic N) is 1. The van der Waals surface area contributed by atoms with E-state index in [9.17, 15) is 22.0 Å². The van der Waals surface area contributed by atoms with Crippen LogP contribution in [0, 0.1) is 11.6 Å². The molecule has 0 unspecified atom stereocenters. The van der Waals surface area contributed by atoms with Crippen molar-refractivity contribution in [2.75, 3.05) is 10.8 Å². The quantitative estimate of drug-likeness (QED) is 0.783. The Balaban J connectivity index is 2.58. The molecule has 22 heavy (non-hydrogen) atoms. The fourth-order valence-corrected chi connectivity index (χ4v) is 3.46. The zero-order valence-corrected chi connectivity index (χ0v) is 12.6. The Morgan fingerprint density at radius 3 is 2.27 bits per heavy atom. The summed E-state index contributed by atoms with van der Waals surface area (Å²) in [5, 5.41) is -0.997. The van der Waals surface area contributed by atoms with E-state index in [1.165, 1.54) is 24.3 Å². The van der Waals surface area contributed by atoms with Gasteiger partial charge in [0.15, 0.2) is 0 Å². The van der Waals surface area contributed by atoms with E-state index in [2.05, 4.69) is 0 Å². The molecule has 0 bridgehead atoms. The third-order valence-electron chi connectivity index (χ3n) is 2.78. The van der Waals surface area contributed by atoms with E-state index in [1.54, 1.807) is 6.07 Å². The van der Waals surface area contributed by atoms with Crippen LogP contribution in [0.15, 0.2) is 53.4 Å². The van der Waals surface area contributed by atoms with E-state index in [0.29, 0.717) is 10.4 Å². The summed E-state index contributed by atoms with van der Waals surface area (Å²) in [5.74, 6) is -1.98. The number of hydrogen-bond donors (Lipinski definition) is 0. The molecule has 0 aliphatic rings. The monoisotopic (exact) mass is 345 g/mol. The Morgan fingerprint density at radius 1 is 1.09 bits per heavy atom. The average molecular weight is 346 g/mol. The molecule has 0 N–H and O–H groups in total. The second-order valence-corrected chi connectivity index (χ2v) is 6.56. The highest BCUT2D eigenvalue weighted by molar-refractivity contribution is 7.92. The summed E-state index contributed by atoms with van der Waals surface area (Å²) in [6.45, 7) is -0.776. The maximum absolute atomic E-state index is 13.9. The van der Waals surface area contributed by atoms with Crippen LogP contribution in [-0.2, 0) is 14.8 Å². The summed E-state index contributed by atoms with van der Waals surface area (Å²) in [4.78, 5) is 11.0. The highest BCUT2D eigenvalue weighted by Crippen LogP contribution is 2.26. The lowest BCUT2D eigenvalue weighted by Gasteiger charge is -2.23. The molecule has 0 aliphatic carbocycles. The topological polar surface area (TPSA) is 54.5 Å². The predicted octanol–water partition coefficient (Wildman–Crippen LogP) is 2.93. The number of hydrogen-bond acceptors (Lipinski definition) is 3. The number of sulfonamides is 1. The Morgan fingerprint density at radius 2 is 1.73 bits per heavy atom. The van der Waals surface area contributed by atoms with E-state index < -0.39 is 39.1 Å². The predicted molar refractivity (Wildman–Crippen MR) is 78.2 cm³/mol. The highest BCUT2D eigenvalue weighted by atomic mass is 35.5. The van der Waals surface area contributed by atoms with Crippen LogP contribution in [0.4, 0.5) is 14.5 Å². The van der Waals surface area contributed by atoms with Crippen molar-refractivity contribution >= 4 is 32.6 Å². The summed E-state index contributed by atoms with van der Waals surface area (Å²) in [6, 6.07) is 9.51. The van der Waals surface area contributed by atoms with Crippen LogP contribution in [-0.4, -0.2) is 20.2 Å². The van der Waals surface area contributed by atoms with Crippen molar-refractivity contribution in [1.29, 1.82) is 0 Å². The molecule has 0 amide bonds. The van der Waals surface area contributed by atoms with E-state index in [4.69, 9.17) is 11.6 Å². The van der Waals surface area contributed by atoms with Crippen LogP contribution in [0.25, 0.3) is 0 Å². The fraction of sp³-hybridized carbons (Fsp3) is 0.0714. The average Bonchev–Trinajstić information content (AvgIpc) is 2.46. The van der Waals surface area contributed by atoms with Crippen molar-refractivity contribution in [3.63, 3.8) is 0 Å². The molecule has 0 saturated heterocycles. The van der Waals surface area contributed by atoms with Gasteiger partial charge in [0.2, 0.25) is 5.24 Å². The molecule has 116 valence electrons. The minimum Gasteiger partial charge on any atom is -0.279 e. The van der Waals surface area contributed by atoms with Crippen LogP contribution >= 0.6 is 11.6 Å². The van der Waals surface area contributed by atoms with Crippen molar-refractivity contribution < 1.29 is 22.0 Å². The van der Waals surface area contributed by atoms with Gasteiger partial charge in [-0.1, -0.05) is 18.2 Å². The van der Waals surface area contributed by atoms with Crippen LogP contribution in [0.5, 0.6) is 0 Å². The SMILES string of the molecule is O=C(Cl)CN(c1ccc(F)cc1F)S(=O)(=O)c1ccccc1. The third-order valence-corrected chi connectivity index (χ3v) is 4.67. The number of carbonyl (C=O) groups is 1. The Kier molecular flexibility index (Phi) is 4.77. The van der Waals surface area contributed by atoms with Gasteiger partial charge in [0, 0.05) is 6.07 Å². The lowest BCUT2D eigenvalue weighted by molar-refractivity contribution is -0.110. The molecular formula is C14H10ClF2NO3S. The normalized spacial score (nSPS) is 11.2. The van der Waals surface area contributed by atoms with Gasteiger partial charge in [0.25, 0.3) is 10.0 Å². The largest absolute Gasteiger partial charge is 0.279 e. The van der Waals surface area contributed by atoms with E-state index in [-0.39, 0.29) is 4.90 Å². The van der Waals surface area contributed by atoms with Gasteiger partial charge in [-0.25, -0.2) is 17.2 Å². The smallest absolute Gasteiger partial charge is 0.264 e. The molecule has 0 aliphatic heterocycles. The third kappa shape index (κ3) is 3.42. The first-order valence-corrected chi connectivity index (χ1v) is 7.85. The molecule has 0 aromatic heterocycles. The van der Waals surface area contributed by atoms with Crippen LogP contribution < -0.4 is 4.31 Å². The van der Waals surface area contributed by atoms with Crippen molar-refractivity contribution in [3.05, 3.63) is 60.2 Å². The maximum Gasteiger partial charge on any atom is 0.264 e. The minimum atomic E-state index is -4.22. The first kappa shape index (κ1) is 16.4. The zero-order chi connectivity index (χ0) is 16.3. The minimum absolute atomic E-state index is 0.142. The number of rotatable bonds is 5. The van der Waals surface area contributed by atoms with Gasteiger partial charge in [0.1, 0.15) is 18.2 Å². The second-order valence-electron chi connectivity index (χ2n) is 4.28. The molecule has 0 fully saturated rings. The number of carbonyl (C=O) groups excluding carboxylic acids is 1. The van der Waals surface area contributed by atoms with Gasteiger partial charge in [-0.05, 0) is 35.9 Å². The molecule has 0 spiro atoms. The Labute approximate surface area is 131 Å². The van der Waals surface area contributed by atoms with Gasteiger partial charge < -0.3 is 0 Å². The number of halogens is 3. The molecule has 4 nitrogen and oxygen atoms in total. The van der Waals surface area contributed by atoms with Crippen molar-refractivity contribution in [2.24, 2.45) is 0 Å². The lowest BCUT2D eigenvalue weighted by Crippen LogP contribution is -2.35. The first-order valence-electron chi connectivity index (χ1n) is 6.03. The van der Waals surface area contributed by atoms with E-state index in [1.807, 2.05) is 0 Å². The van der Waals surface area contributed by atoms with E-state index >= 15 is 0 Å². The Hall–Kier alpha value is -1.99. The summed E-state index contributed by atoms with van der Waals surface area (Å²) in [6.07, 6.45) is 0. The lowest BCUT2D eigenvalue weighted by atomic mass is 10.3. The van der Waals surface area contributed by atoms with Crippen molar-refractivity contribution in [2.45, 2.75) is 4.90 Å². The molecule has 0 atom stereocenters.